The van der Waals surface area contributed by atoms with Crippen LogP contribution in [0, 0.1) is 0 Å². The maximum Gasteiger partial charge on any atom is 0.241 e. The Morgan fingerprint density at radius 2 is 1.40 bits per heavy atom. The van der Waals surface area contributed by atoms with Crippen LogP contribution in [0.25, 0.3) is 0 Å². The molecular weight excluding hydrogens is 464 g/mol. The Bertz CT molecular complexity index is 1060. The standard InChI is InChI=1S/C23H23BrN2O3S/c24-20-11-13-21(14-12-20)30(28,29)26-22(17-19-9-5-2-6-10-19)23(27)25-16-15-18-7-3-1-4-8-18/h1-14,22,26H,15-17H2,(H,25,27)/t22-/m1/s1. The predicted octanol–water partition coefficient (Wildman–Crippen LogP) is 3.70. The highest BCUT2D eigenvalue weighted by atomic mass is 79.9. The summed E-state index contributed by atoms with van der Waals surface area (Å²) >= 11 is 3.30. The monoisotopic (exact) mass is 486 g/mol. The molecule has 5 nitrogen and oxygen atoms in total. The number of hydrogen-bond acceptors (Lipinski definition) is 3. The zero-order chi connectivity index (χ0) is 21.4. The second-order valence-electron chi connectivity index (χ2n) is 6.84. The third-order valence-electron chi connectivity index (χ3n) is 4.58. The maximum atomic E-state index is 12.9. The van der Waals surface area contributed by atoms with Crippen LogP contribution in [0.5, 0.6) is 0 Å². The van der Waals surface area contributed by atoms with Crippen molar-refractivity contribution in [1.82, 2.24) is 10.0 Å². The van der Waals surface area contributed by atoms with Gasteiger partial charge in [-0.15, -0.1) is 0 Å². The Kier molecular flexibility index (Phi) is 7.79. The molecule has 2 N–H and O–H groups in total. The van der Waals surface area contributed by atoms with Gasteiger partial charge in [-0.2, -0.15) is 4.72 Å². The quantitative estimate of drug-likeness (QED) is 0.484. The molecule has 3 aromatic carbocycles. The Morgan fingerprint density at radius 3 is 2.00 bits per heavy atom. The summed E-state index contributed by atoms with van der Waals surface area (Å²) in [6, 6.07) is 24.6. The van der Waals surface area contributed by atoms with Gasteiger partial charge in [0.15, 0.2) is 0 Å². The van der Waals surface area contributed by atoms with Crippen molar-refractivity contribution in [3.8, 4) is 0 Å². The summed E-state index contributed by atoms with van der Waals surface area (Å²) in [7, 11) is -3.85. The average molecular weight is 487 g/mol. The molecule has 0 aliphatic carbocycles. The first-order chi connectivity index (χ1) is 14.4. The molecule has 0 saturated carbocycles. The molecule has 0 aliphatic rings. The fraction of sp³-hybridized carbons (Fsp3) is 0.174. The number of halogens is 1. The van der Waals surface area contributed by atoms with Crippen LogP contribution in [0.15, 0.2) is 94.3 Å². The van der Waals surface area contributed by atoms with Crippen molar-refractivity contribution < 1.29 is 13.2 Å². The largest absolute Gasteiger partial charge is 0.354 e. The summed E-state index contributed by atoms with van der Waals surface area (Å²) in [4.78, 5) is 13.0. The molecule has 0 bridgehead atoms. The van der Waals surface area contributed by atoms with Gasteiger partial charge in [-0.3, -0.25) is 4.79 Å². The van der Waals surface area contributed by atoms with Gasteiger partial charge in [0.1, 0.15) is 6.04 Å². The van der Waals surface area contributed by atoms with E-state index in [4.69, 9.17) is 0 Å². The topological polar surface area (TPSA) is 75.3 Å². The van der Waals surface area contributed by atoms with Gasteiger partial charge in [-0.1, -0.05) is 76.6 Å². The van der Waals surface area contributed by atoms with Crippen LogP contribution in [0.4, 0.5) is 0 Å². The molecule has 7 heteroatoms. The van der Waals surface area contributed by atoms with E-state index in [0.717, 1.165) is 15.6 Å². The summed E-state index contributed by atoms with van der Waals surface area (Å²) in [5.41, 5.74) is 1.98. The minimum Gasteiger partial charge on any atom is -0.354 e. The first kappa shape index (κ1) is 22.2. The zero-order valence-corrected chi connectivity index (χ0v) is 18.7. The van der Waals surface area contributed by atoms with E-state index >= 15 is 0 Å². The molecular formula is C23H23BrN2O3S. The predicted molar refractivity (Wildman–Crippen MR) is 122 cm³/mol. The van der Waals surface area contributed by atoms with E-state index in [1.54, 1.807) is 12.1 Å². The van der Waals surface area contributed by atoms with Gasteiger partial charge in [-0.25, -0.2) is 8.42 Å². The van der Waals surface area contributed by atoms with Crippen molar-refractivity contribution >= 4 is 31.9 Å². The Morgan fingerprint density at radius 1 is 0.833 bits per heavy atom. The van der Waals surface area contributed by atoms with Gasteiger partial charge < -0.3 is 5.32 Å². The van der Waals surface area contributed by atoms with Crippen LogP contribution in [0.2, 0.25) is 0 Å². The molecule has 0 unspecified atom stereocenters. The normalized spacial score (nSPS) is 12.3. The van der Waals surface area contributed by atoms with Crippen molar-refractivity contribution in [2.24, 2.45) is 0 Å². The van der Waals surface area contributed by atoms with Crippen molar-refractivity contribution in [2.75, 3.05) is 6.54 Å². The molecule has 0 spiro atoms. The number of benzene rings is 3. The number of carbonyl (C=O) groups excluding carboxylic acids is 1. The number of sulfonamides is 1. The van der Waals surface area contributed by atoms with Gasteiger partial charge in [0.25, 0.3) is 0 Å². The number of nitrogens with one attached hydrogen (secondary N) is 2. The van der Waals surface area contributed by atoms with Crippen molar-refractivity contribution in [1.29, 1.82) is 0 Å². The lowest BCUT2D eigenvalue weighted by atomic mass is 10.1. The molecule has 0 aliphatic heterocycles. The smallest absolute Gasteiger partial charge is 0.241 e. The summed E-state index contributed by atoms with van der Waals surface area (Å²) < 4.78 is 29.0. The second kappa shape index (κ2) is 10.5. The van der Waals surface area contributed by atoms with Crippen molar-refractivity contribution in [2.45, 2.75) is 23.8 Å². The van der Waals surface area contributed by atoms with Crippen molar-refractivity contribution in [3.05, 3.63) is 101 Å². The lowest BCUT2D eigenvalue weighted by Gasteiger charge is -2.19. The average Bonchev–Trinajstić information content (AvgIpc) is 2.75. The van der Waals surface area contributed by atoms with Crippen LogP contribution >= 0.6 is 15.9 Å². The van der Waals surface area contributed by atoms with Crippen LogP contribution in [0.1, 0.15) is 11.1 Å². The van der Waals surface area contributed by atoms with Crippen LogP contribution in [0.3, 0.4) is 0 Å². The van der Waals surface area contributed by atoms with E-state index in [-0.39, 0.29) is 17.2 Å². The van der Waals surface area contributed by atoms with Gasteiger partial charge >= 0.3 is 0 Å². The molecule has 1 atom stereocenters. The molecule has 0 saturated heterocycles. The highest BCUT2D eigenvalue weighted by Gasteiger charge is 2.26. The maximum absolute atomic E-state index is 12.9. The van der Waals surface area contributed by atoms with Gasteiger partial charge in [-0.05, 0) is 48.2 Å². The second-order valence-corrected chi connectivity index (χ2v) is 9.47. The Hall–Kier alpha value is -2.48. The lowest BCUT2D eigenvalue weighted by Crippen LogP contribution is -2.48. The third kappa shape index (κ3) is 6.52. The van der Waals surface area contributed by atoms with Crippen LogP contribution < -0.4 is 10.0 Å². The molecule has 30 heavy (non-hydrogen) atoms. The van der Waals surface area contributed by atoms with Gasteiger partial charge in [0, 0.05) is 11.0 Å². The number of carbonyl (C=O) groups is 1. The van der Waals surface area contributed by atoms with Crippen molar-refractivity contribution in [3.63, 3.8) is 0 Å². The molecule has 3 aromatic rings. The minimum atomic E-state index is -3.85. The molecule has 1 amide bonds. The Labute approximate surface area is 185 Å². The highest BCUT2D eigenvalue weighted by molar-refractivity contribution is 9.10. The molecule has 156 valence electrons. The number of rotatable bonds is 9. The van der Waals surface area contributed by atoms with Gasteiger partial charge in [0.2, 0.25) is 15.9 Å². The fourth-order valence-corrected chi connectivity index (χ4v) is 4.46. The molecule has 3 rings (SSSR count). The van der Waals surface area contributed by atoms with E-state index in [1.807, 2.05) is 60.7 Å². The summed E-state index contributed by atoms with van der Waals surface area (Å²) in [5, 5.41) is 2.86. The van der Waals surface area contributed by atoms with E-state index in [9.17, 15) is 13.2 Å². The highest BCUT2D eigenvalue weighted by Crippen LogP contribution is 2.15. The first-order valence-corrected chi connectivity index (χ1v) is 11.8. The third-order valence-corrected chi connectivity index (χ3v) is 6.59. The molecule has 0 fully saturated rings. The number of hydrogen-bond donors (Lipinski definition) is 2. The minimum absolute atomic E-state index is 0.112. The zero-order valence-electron chi connectivity index (χ0n) is 16.3. The molecule has 0 radical (unpaired) electrons. The summed E-state index contributed by atoms with van der Waals surface area (Å²) in [6.07, 6.45) is 0.928. The SMILES string of the molecule is O=C(NCCc1ccccc1)[C@@H](Cc1ccccc1)NS(=O)(=O)c1ccc(Br)cc1. The first-order valence-electron chi connectivity index (χ1n) is 9.57. The summed E-state index contributed by atoms with van der Waals surface area (Å²) in [6.45, 7) is 0.425. The molecule has 0 aromatic heterocycles. The number of amides is 1. The lowest BCUT2D eigenvalue weighted by molar-refractivity contribution is -0.122. The van der Waals surface area contributed by atoms with E-state index in [0.29, 0.717) is 13.0 Å². The summed E-state index contributed by atoms with van der Waals surface area (Å²) in [5.74, 6) is -0.351. The van der Waals surface area contributed by atoms with Crippen LogP contribution in [-0.2, 0) is 27.7 Å². The van der Waals surface area contributed by atoms with E-state index < -0.39 is 16.1 Å². The molecule has 0 heterocycles. The van der Waals surface area contributed by atoms with Gasteiger partial charge in [0.05, 0.1) is 4.90 Å². The fourth-order valence-electron chi connectivity index (χ4n) is 3.00. The van der Waals surface area contributed by atoms with E-state index in [1.165, 1.54) is 12.1 Å². The van der Waals surface area contributed by atoms with Crippen LogP contribution in [-0.4, -0.2) is 26.9 Å². The Balaban J connectivity index is 1.72. The van der Waals surface area contributed by atoms with E-state index in [2.05, 4.69) is 26.0 Å².